The van der Waals surface area contributed by atoms with Gasteiger partial charge in [-0.3, -0.25) is 14.4 Å². The summed E-state index contributed by atoms with van der Waals surface area (Å²) >= 11 is 0. The highest BCUT2D eigenvalue weighted by Crippen LogP contribution is 2.31. The molecule has 0 spiro atoms. The third-order valence-electron chi connectivity index (χ3n) is 8.48. The SMILES string of the molecule is Cc1cc(C)c2c(CC(=O)N3CCCC(=O)N[C@H](C)C(=O)N[C@@H](C(C)C)c4nc(-c5ccccc5)nn4CC3)coc2c1C. The number of carbonyl (C=O) groups is 3. The Kier molecular flexibility index (Phi) is 9.17. The average Bonchev–Trinajstić information content (AvgIpc) is 3.61. The predicted molar refractivity (Wildman–Crippen MR) is 169 cm³/mol. The Labute approximate surface area is 258 Å². The molecule has 1 aliphatic heterocycles. The maximum Gasteiger partial charge on any atom is 0.242 e. The van der Waals surface area contributed by atoms with Crippen molar-refractivity contribution in [1.29, 1.82) is 0 Å². The van der Waals surface area contributed by atoms with Crippen LogP contribution >= 0.6 is 0 Å². The zero-order chi connectivity index (χ0) is 31.5. The van der Waals surface area contributed by atoms with Gasteiger partial charge in [-0.15, -0.1) is 0 Å². The van der Waals surface area contributed by atoms with Crippen molar-refractivity contribution < 1.29 is 18.8 Å². The van der Waals surface area contributed by atoms with E-state index in [4.69, 9.17) is 14.5 Å². The molecule has 10 nitrogen and oxygen atoms in total. The van der Waals surface area contributed by atoms with Crippen molar-refractivity contribution in [2.75, 3.05) is 13.1 Å². The second kappa shape index (κ2) is 13.0. The molecule has 2 atom stereocenters. The summed E-state index contributed by atoms with van der Waals surface area (Å²) in [7, 11) is 0. The van der Waals surface area contributed by atoms with Crippen LogP contribution in [0.4, 0.5) is 0 Å². The van der Waals surface area contributed by atoms with Gasteiger partial charge in [-0.2, -0.15) is 5.10 Å². The van der Waals surface area contributed by atoms with Crippen LogP contribution in [0.25, 0.3) is 22.4 Å². The third kappa shape index (κ3) is 6.54. The van der Waals surface area contributed by atoms with Crippen LogP contribution in [0.3, 0.4) is 0 Å². The second-order valence-electron chi connectivity index (χ2n) is 12.2. The number of aromatic nitrogens is 3. The van der Waals surface area contributed by atoms with Crippen LogP contribution in [-0.4, -0.2) is 56.5 Å². The van der Waals surface area contributed by atoms with Gasteiger partial charge in [-0.05, 0) is 56.7 Å². The highest BCUT2D eigenvalue weighted by molar-refractivity contribution is 5.92. The molecule has 2 aromatic carbocycles. The molecule has 2 aromatic heterocycles. The normalized spacial score (nSPS) is 18.6. The Morgan fingerprint density at radius 1 is 1.05 bits per heavy atom. The summed E-state index contributed by atoms with van der Waals surface area (Å²) in [6, 6.07) is 10.6. The fourth-order valence-corrected chi connectivity index (χ4v) is 5.84. The molecule has 10 heteroatoms. The third-order valence-corrected chi connectivity index (χ3v) is 8.48. The number of hydrogen-bond donors (Lipinski definition) is 2. The van der Waals surface area contributed by atoms with Crippen molar-refractivity contribution in [3.05, 3.63) is 70.7 Å². The van der Waals surface area contributed by atoms with E-state index in [0.29, 0.717) is 37.7 Å². The summed E-state index contributed by atoms with van der Waals surface area (Å²) in [5, 5.41) is 11.7. The summed E-state index contributed by atoms with van der Waals surface area (Å²) in [5.74, 6) is 0.589. The highest BCUT2D eigenvalue weighted by Gasteiger charge is 2.29. The number of nitrogens with zero attached hydrogens (tertiary/aromatic N) is 4. The van der Waals surface area contributed by atoms with Crippen molar-refractivity contribution in [1.82, 2.24) is 30.3 Å². The Morgan fingerprint density at radius 2 is 1.80 bits per heavy atom. The van der Waals surface area contributed by atoms with E-state index >= 15 is 0 Å². The number of carbonyl (C=O) groups excluding carboxylic acids is 3. The summed E-state index contributed by atoms with van der Waals surface area (Å²) in [5.41, 5.74) is 5.84. The average molecular weight is 599 g/mol. The lowest BCUT2D eigenvalue weighted by Crippen LogP contribution is -2.47. The number of hydrogen-bond acceptors (Lipinski definition) is 6. The van der Waals surface area contributed by atoms with E-state index in [0.717, 1.165) is 38.8 Å². The fraction of sp³-hybridized carbons (Fsp3) is 0.441. The first kappa shape index (κ1) is 31.0. The molecule has 0 saturated heterocycles. The van der Waals surface area contributed by atoms with E-state index in [9.17, 15) is 14.4 Å². The standard InChI is InChI=1S/C34H42N6O4/c1-20(2)30-33-37-32(25-11-8-7-9-12-25)38-40(33)16-15-39(14-10-13-27(41)35-24(6)34(43)36-30)28(42)18-26-19-44-31-23(5)21(3)17-22(4)29(26)31/h7-9,11-12,17,19-20,24,30H,10,13-16,18H2,1-6H3,(H,35,41)(H,36,43)/t24-,30+/m1/s1. The van der Waals surface area contributed by atoms with Crippen molar-refractivity contribution in [3.8, 4) is 11.4 Å². The van der Waals surface area contributed by atoms with E-state index in [2.05, 4.69) is 23.6 Å². The summed E-state index contributed by atoms with van der Waals surface area (Å²) < 4.78 is 7.76. The first-order valence-corrected chi connectivity index (χ1v) is 15.4. The van der Waals surface area contributed by atoms with Gasteiger partial charge in [-0.1, -0.05) is 50.2 Å². The minimum Gasteiger partial charge on any atom is -0.464 e. The molecule has 0 fully saturated rings. The number of rotatable bonds is 4. The Hall–Kier alpha value is -4.47. The number of furan rings is 1. The molecule has 0 aliphatic carbocycles. The molecule has 0 unspecified atom stereocenters. The van der Waals surface area contributed by atoms with Gasteiger partial charge >= 0.3 is 0 Å². The lowest BCUT2D eigenvalue weighted by atomic mass is 9.98. The molecule has 3 heterocycles. The Morgan fingerprint density at radius 3 is 2.52 bits per heavy atom. The van der Waals surface area contributed by atoms with Gasteiger partial charge in [0.2, 0.25) is 17.7 Å². The van der Waals surface area contributed by atoms with Gasteiger partial charge in [0.05, 0.1) is 25.3 Å². The molecule has 0 saturated carbocycles. The van der Waals surface area contributed by atoms with E-state index in [-0.39, 0.29) is 36.5 Å². The molecule has 4 aromatic rings. The van der Waals surface area contributed by atoms with Gasteiger partial charge in [0.25, 0.3) is 0 Å². The van der Waals surface area contributed by atoms with Crippen molar-refractivity contribution in [3.63, 3.8) is 0 Å². The number of fused-ring (bicyclic) bond motifs is 2. The molecule has 0 bridgehead atoms. The van der Waals surface area contributed by atoms with Gasteiger partial charge < -0.3 is 20.0 Å². The van der Waals surface area contributed by atoms with Crippen molar-refractivity contribution in [2.45, 2.75) is 79.4 Å². The lowest BCUT2D eigenvalue weighted by molar-refractivity contribution is -0.131. The quantitative estimate of drug-likeness (QED) is 0.348. The van der Waals surface area contributed by atoms with E-state index in [1.807, 2.05) is 62.7 Å². The van der Waals surface area contributed by atoms with Gasteiger partial charge in [0.15, 0.2) is 11.6 Å². The lowest BCUT2D eigenvalue weighted by Gasteiger charge is -2.27. The summed E-state index contributed by atoms with van der Waals surface area (Å²) in [4.78, 5) is 46.4. The van der Waals surface area contributed by atoms with Crippen LogP contribution in [0.5, 0.6) is 0 Å². The summed E-state index contributed by atoms with van der Waals surface area (Å²) in [6.45, 7) is 13.0. The molecule has 5 rings (SSSR count). The molecule has 1 aliphatic rings. The molecule has 232 valence electrons. The largest absolute Gasteiger partial charge is 0.464 e. The number of aryl methyl sites for hydroxylation is 3. The van der Waals surface area contributed by atoms with Gasteiger partial charge in [0, 0.05) is 36.0 Å². The molecule has 3 amide bonds. The van der Waals surface area contributed by atoms with Gasteiger partial charge in [-0.25, -0.2) is 9.67 Å². The first-order chi connectivity index (χ1) is 21.0. The van der Waals surface area contributed by atoms with Crippen LogP contribution in [0, 0.1) is 26.7 Å². The monoisotopic (exact) mass is 598 g/mol. The molecule has 0 radical (unpaired) electrons. The highest BCUT2D eigenvalue weighted by atomic mass is 16.3. The predicted octanol–water partition coefficient (Wildman–Crippen LogP) is 4.80. The first-order valence-electron chi connectivity index (χ1n) is 15.4. The van der Waals surface area contributed by atoms with Crippen molar-refractivity contribution in [2.24, 2.45) is 5.92 Å². The van der Waals surface area contributed by atoms with Crippen LogP contribution < -0.4 is 10.6 Å². The fourth-order valence-electron chi connectivity index (χ4n) is 5.84. The topological polar surface area (TPSA) is 122 Å². The Balaban J connectivity index is 1.48. The molecular formula is C34H42N6O4. The smallest absolute Gasteiger partial charge is 0.242 e. The molecule has 2 N–H and O–H groups in total. The maximum absolute atomic E-state index is 13.9. The zero-order valence-corrected chi connectivity index (χ0v) is 26.4. The van der Waals surface area contributed by atoms with Crippen LogP contribution in [0.2, 0.25) is 0 Å². The van der Waals surface area contributed by atoms with Crippen LogP contribution in [0.1, 0.15) is 67.7 Å². The second-order valence-corrected chi connectivity index (χ2v) is 12.2. The minimum atomic E-state index is -0.723. The number of amides is 3. The van der Waals surface area contributed by atoms with Crippen LogP contribution in [-0.2, 0) is 27.3 Å². The number of nitrogens with one attached hydrogen (secondary N) is 2. The zero-order valence-electron chi connectivity index (χ0n) is 26.4. The van der Waals surface area contributed by atoms with E-state index < -0.39 is 12.1 Å². The van der Waals surface area contributed by atoms with E-state index in [1.54, 1.807) is 18.1 Å². The number of benzene rings is 2. The Bertz CT molecular complexity index is 1670. The molecule has 44 heavy (non-hydrogen) atoms. The van der Waals surface area contributed by atoms with Crippen molar-refractivity contribution >= 4 is 28.7 Å². The van der Waals surface area contributed by atoms with E-state index in [1.165, 1.54) is 0 Å². The maximum atomic E-state index is 13.9. The molecular weight excluding hydrogens is 556 g/mol. The van der Waals surface area contributed by atoms with Gasteiger partial charge in [0.1, 0.15) is 11.6 Å². The summed E-state index contributed by atoms with van der Waals surface area (Å²) in [6.07, 6.45) is 2.54. The minimum absolute atomic E-state index is 0.0104. The van der Waals surface area contributed by atoms with Crippen LogP contribution in [0.15, 0.2) is 47.1 Å².